The maximum atomic E-state index is 12.5. The summed E-state index contributed by atoms with van der Waals surface area (Å²) >= 11 is 6.08. The van der Waals surface area contributed by atoms with Gasteiger partial charge >= 0.3 is 0 Å². The lowest BCUT2D eigenvalue weighted by atomic mass is 10.0. The van der Waals surface area contributed by atoms with Crippen LogP contribution in [-0.4, -0.2) is 53.9 Å². The van der Waals surface area contributed by atoms with Crippen molar-refractivity contribution in [3.8, 4) is 5.75 Å². The Morgan fingerprint density at radius 3 is 2.67 bits per heavy atom. The quantitative estimate of drug-likeness (QED) is 0.819. The molecule has 0 unspecified atom stereocenters. The average Bonchev–Trinajstić information content (AvgIpc) is 2.84. The van der Waals surface area contributed by atoms with Gasteiger partial charge in [-0.25, -0.2) is 0 Å². The van der Waals surface area contributed by atoms with Crippen molar-refractivity contribution >= 4 is 23.4 Å². The van der Waals surface area contributed by atoms with Crippen molar-refractivity contribution in [2.75, 3.05) is 26.2 Å². The van der Waals surface area contributed by atoms with Crippen LogP contribution in [0.3, 0.4) is 0 Å². The first-order valence-electron chi connectivity index (χ1n) is 8.41. The average molecular weight is 351 g/mol. The fraction of sp³-hybridized carbons (Fsp3) is 0.556. The van der Waals surface area contributed by atoms with E-state index < -0.39 is 0 Å². The van der Waals surface area contributed by atoms with E-state index in [1.807, 2.05) is 23.1 Å². The van der Waals surface area contributed by atoms with Crippen LogP contribution >= 0.6 is 11.6 Å². The van der Waals surface area contributed by atoms with E-state index in [1.54, 1.807) is 11.0 Å². The molecule has 0 radical (unpaired) electrons. The molecule has 2 saturated heterocycles. The van der Waals surface area contributed by atoms with Gasteiger partial charge in [0.2, 0.25) is 11.8 Å². The molecule has 1 atom stereocenters. The maximum absolute atomic E-state index is 12.5. The van der Waals surface area contributed by atoms with E-state index in [4.69, 9.17) is 16.3 Å². The van der Waals surface area contributed by atoms with Crippen molar-refractivity contribution in [3.63, 3.8) is 0 Å². The van der Waals surface area contributed by atoms with Gasteiger partial charge in [0.1, 0.15) is 11.9 Å². The Labute approximate surface area is 147 Å². The molecule has 0 aliphatic carbocycles. The van der Waals surface area contributed by atoms with Crippen molar-refractivity contribution < 1.29 is 14.3 Å². The molecule has 6 heteroatoms. The van der Waals surface area contributed by atoms with Gasteiger partial charge in [-0.2, -0.15) is 0 Å². The molecule has 24 heavy (non-hydrogen) atoms. The number of nitrogens with zero attached hydrogens (tertiary/aromatic N) is 2. The summed E-state index contributed by atoms with van der Waals surface area (Å²) in [6.45, 7) is 6.53. The summed E-state index contributed by atoms with van der Waals surface area (Å²) < 4.78 is 5.82. The van der Waals surface area contributed by atoms with Gasteiger partial charge in [-0.1, -0.05) is 37.6 Å². The number of hydrogen-bond acceptors (Lipinski definition) is 3. The predicted octanol–water partition coefficient (Wildman–Crippen LogP) is 2.43. The molecule has 2 amide bonds. The number of amides is 2. The molecule has 0 N–H and O–H groups in total. The smallest absolute Gasteiger partial charge is 0.228 e. The second-order valence-electron chi connectivity index (χ2n) is 7.01. The van der Waals surface area contributed by atoms with Crippen molar-refractivity contribution in [2.45, 2.75) is 26.4 Å². The van der Waals surface area contributed by atoms with Gasteiger partial charge in [0.05, 0.1) is 24.0 Å². The number of ether oxygens (including phenoxy) is 1. The molecule has 2 heterocycles. The SMILES string of the molecule is CC(C)CN1C[C@H](C(=O)N2CC(Oc3ccccc3Cl)C2)CC1=O. The standard InChI is InChI=1S/C18H23ClN2O3/c1-12(2)8-20-9-13(7-17(20)22)18(23)21-10-14(11-21)24-16-6-4-3-5-15(16)19/h3-6,12-14H,7-11H2,1-2H3/t13-/m1/s1. The topological polar surface area (TPSA) is 49.9 Å². The third-order valence-electron chi connectivity index (χ3n) is 4.44. The fourth-order valence-electron chi connectivity index (χ4n) is 3.23. The summed E-state index contributed by atoms with van der Waals surface area (Å²) in [6.07, 6.45) is 0.302. The van der Waals surface area contributed by atoms with E-state index >= 15 is 0 Å². The zero-order valence-electron chi connectivity index (χ0n) is 14.1. The minimum Gasteiger partial charge on any atom is -0.485 e. The van der Waals surface area contributed by atoms with E-state index in [0.717, 1.165) is 6.54 Å². The van der Waals surface area contributed by atoms with Gasteiger partial charge in [0.25, 0.3) is 0 Å². The minimum atomic E-state index is -0.211. The lowest BCUT2D eigenvalue weighted by molar-refractivity contribution is -0.144. The number of hydrogen-bond donors (Lipinski definition) is 0. The second kappa shape index (κ2) is 7.01. The molecular weight excluding hydrogens is 328 g/mol. The summed E-state index contributed by atoms with van der Waals surface area (Å²) in [6, 6.07) is 7.33. The molecule has 3 rings (SSSR count). The Hall–Kier alpha value is -1.75. The molecule has 130 valence electrons. The van der Waals surface area contributed by atoms with Gasteiger partial charge in [0, 0.05) is 19.5 Å². The molecule has 1 aromatic carbocycles. The highest BCUT2D eigenvalue weighted by Crippen LogP contribution is 2.28. The highest BCUT2D eigenvalue weighted by Gasteiger charge is 2.41. The summed E-state index contributed by atoms with van der Waals surface area (Å²) in [5.74, 6) is 1.01. The van der Waals surface area contributed by atoms with Crippen molar-refractivity contribution in [1.82, 2.24) is 9.80 Å². The van der Waals surface area contributed by atoms with Crippen LogP contribution in [0, 0.1) is 11.8 Å². The molecule has 2 fully saturated rings. The van der Waals surface area contributed by atoms with Gasteiger partial charge in [-0.15, -0.1) is 0 Å². The molecule has 0 aromatic heterocycles. The van der Waals surface area contributed by atoms with E-state index in [0.29, 0.717) is 42.7 Å². The Kier molecular flexibility index (Phi) is 4.99. The molecule has 2 aliphatic heterocycles. The predicted molar refractivity (Wildman–Crippen MR) is 92.0 cm³/mol. The monoisotopic (exact) mass is 350 g/mol. The first-order chi connectivity index (χ1) is 11.4. The van der Waals surface area contributed by atoms with Gasteiger partial charge in [0.15, 0.2) is 0 Å². The first-order valence-corrected chi connectivity index (χ1v) is 8.79. The number of carbonyl (C=O) groups is 2. The van der Waals surface area contributed by atoms with E-state index in [2.05, 4.69) is 13.8 Å². The zero-order valence-corrected chi connectivity index (χ0v) is 14.8. The molecular formula is C18H23ClN2O3. The highest BCUT2D eigenvalue weighted by molar-refractivity contribution is 6.32. The van der Waals surface area contributed by atoms with Crippen LogP contribution in [0.15, 0.2) is 24.3 Å². The molecule has 2 aliphatic rings. The number of rotatable bonds is 5. The van der Waals surface area contributed by atoms with Crippen molar-refractivity contribution in [3.05, 3.63) is 29.3 Å². The molecule has 0 bridgehead atoms. The van der Waals surface area contributed by atoms with Gasteiger partial charge in [-0.3, -0.25) is 9.59 Å². The lowest BCUT2D eigenvalue weighted by Gasteiger charge is -2.40. The van der Waals surface area contributed by atoms with E-state index in [9.17, 15) is 9.59 Å². The van der Waals surface area contributed by atoms with Crippen LogP contribution < -0.4 is 4.74 Å². The summed E-state index contributed by atoms with van der Waals surface area (Å²) in [5.41, 5.74) is 0. The summed E-state index contributed by atoms with van der Waals surface area (Å²) in [5, 5.41) is 0.577. The number of benzene rings is 1. The van der Waals surface area contributed by atoms with Crippen LogP contribution in [0.25, 0.3) is 0 Å². The normalized spacial score (nSPS) is 21.3. The first kappa shape index (κ1) is 17.1. The highest BCUT2D eigenvalue weighted by atomic mass is 35.5. The van der Waals surface area contributed by atoms with Crippen molar-refractivity contribution in [2.24, 2.45) is 11.8 Å². The lowest BCUT2D eigenvalue weighted by Crippen LogP contribution is -2.57. The van der Waals surface area contributed by atoms with Crippen LogP contribution in [-0.2, 0) is 9.59 Å². The van der Waals surface area contributed by atoms with Gasteiger partial charge < -0.3 is 14.5 Å². The fourth-order valence-corrected chi connectivity index (χ4v) is 3.41. The molecule has 0 saturated carbocycles. The number of para-hydroxylation sites is 1. The number of halogens is 1. The van der Waals surface area contributed by atoms with E-state index in [-0.39, 0.29) is 23.8 Å². The van der Waals surface area contributed by atoms with Crippen LogP contribution in [0.5, 0.6) is 5.75 Å². The van der Waals surface area contributed by atoms with Gasteiger partial charge in [-0.05, 0) is 18.1 Å². The maximum Gasteiger partial charge on any atom is 0.228 e. The van der Waals surface area contributed by atoms with Crippen LogP contribution in [0.1, 0.15) is 20.3 Å². The van der Waals surface area contributed by atoms with Crippen LogP contribution in [0.2, 0.25) is 5.02 Å². The zero-order chi connectivity index (χ0) is 17.3. The Morgan fingerprint density at radius 2 is 2.00 bits per heavy atom. The second-order valence-corrected chi connectivity index (χ2v) is 7.41. The molecule has 5 nitrogen and oxygen atoms in total. The third-order valence-corrected chi connectivity index (χ3v) is 4.75. The number of likely N-dealkylation sites (tertiary alicyclic amines) is 2. The minimum absolute atomic E-state index is 0.0299. The Morgan fingerprint density at radius 1 is 1.29 bits per heavy atom. The summed E-state index contributed by atoms with van der Waals surface area (Å²) in [4.78, 5) is 28.1. The largest absolute Gasteiger partial charge is 0.485 e. The van der Waals surface area contributed by atoms with E-state index in [1.165, 1.54) is 0 Å². The molecule has 1 aromatic rings. The van der Waals surface area contributed by atoms with Crippen LogP contribution in [0.4, 0.5) is 0 Å². The third kappa shape index (κ3) is 3.66. The Bertz CT molecular complexity index is 628. The number of carbonyl (C=O) groups excluding carboxylic acids is 2. The Balaban J connectivity index is 1.49. The summed E-state index contributed by atoms with van der Waals surface area (Å²) in [7, 11) is 0. The molecule has 0 spiro atoms. The van der Waals surface area contributed by atoms with Crippen molar-refractivity contribution in [1.29, 1.82) is 0 Å².